The second kappa shape index (κ2) is 5.24. The highest BCUT2D eigenvalue weighted by Gasteiger charge is 2.04. The summed E-state index contributed by atoms with van der Waals surface area (Å²) in [5, 5.41) is 21.0. The van der Waals surface area contributed by atoms with Crippen LogP contribution in [0.15, 0.2) is 28.1 Å². The SMILES string of the molecule is O=C(O)CNc1ccc(-c2cc(Br)cs2)nn1. The molecule has 2 heterocycles. The molecule has 88 valence electrons. The van der Waals surface area contributed by atoms with Crippen molar-refractivity contribution in [3.63, 3.8) is 0 Å². The van der Waals surface area contributed by atoms with Crippen molar-refractivity contribution in [1.29, 1.82) is 0 Å². The highest BCUT2D eigenvalue weighted by Crippen LogP contribution is 2.28. The number of nitrogens with one attached hydrogen (secondary N) is 1. The minimum Gasteiger partial charge on any atom is -0.480 e. The minimum atomic E-state index is -0.932. The molecule has 5 nitrogen and oxygen atoms in total. The summed E-state index contributed by atoms with van der Waals surface area (Å²) in [7, 11) is 0. The number of aliphatic carboxylic acids is 1. The van der Waals surface area contributed by atoms with Gasteiger partial charge in [-0.05, 0) is 34.1 Å². The van der Waals surface area contributed by atoms with Crippen molar-refractivity contribution in [1.82, 2.24) is 10.2 Å². The van der Waals surface area contributed by atoms with Crippen LogP contribution in [0.25, 0.3) is 10.6 Å². The molecule has 0 aliphatic rings. The first-order valence-electron chi connectivity index (χ1n) is 4.69. The first kappa shape index (κ1) is 12.0. The lowest BCUT2D eigenvalue weighted by atomic mass is 10.3. The van der Waals surface area contributed by atoms with Crippen molar-refractivity contribution in [2.24, 2.45) is 0 Å². The van der Waals surface area contributed by atoms with Gasteiger partial charge in [-0.1, -0.05) is 0 Å². The Kier molecular flexibility index (Phi) is 3.70. The van der Waals surface area contributed by atoms with E-state index in [1.54, 1.807) is 23.5 Å². The van der Waals surface area contributed by atoms with Gasteiger partial charge in [-0.2, -0.15) is 0 Å². The largest absolute Gasteiger partial charge is 0.480 e. The van der Waals surface area contributed by atoms with Gasteiger partial charge < -0.3 is 10.4 Å². The predicted molar refractivity (Wildman–Crippen MR) is 69.2 cm³/mol. The standard InChI is InChI=1S/C10H8BrN3O2S/c11-6-3-8(17-5-6)7-1-2-9(14-13-7)12-4-10(15)16/h1-3,5H,4H2,(H,12,14)(H,15,16). The molecular weight excluding hydrogens is 306 g/mol. The molecule has 0 bridgehead atoms. The van der Waals surface area contributed by atoms with Crippen LogP contribution in [0.2, 0.25) is 0 Å². The molecule has 7 heteroatoms. The molecule has 0 fully saturated rings. The number of carbonyl (C=O) groups is 1. The van der Waals surface area contributed by atoms with Crippen molar-refractivity contribution >= 4 is 39.1 Å². The van der Waals surface area contributed by atoms with Crippen LogP contribution in [0.5, 0.6) is 0 Å². The van der Waals surface area contributed by atoms with Crippen molar-refractivity contribution in [3.05, 3.63) is 28.1 Å². The molecular formula is C10H8BrN3O2S. The zero-order valence-corrected chi connectivity index (χ0v) is 11.0. The Morgan fingerprint density at radius 3 is 2.82 bits per heavy atom. The first-order chi connectivity index (χ1) is 8.15. The van der Waals surface area contributed by atoms with Crippen LogP contribution in [-0.2, 0) is 4.79 Å². The molecule has 0 saturated heterocycles. The van der Waals surface area contributed by atoms with Crippen LogP contribution in [0.1, 0.15) is 0 Å². The van der Waals surface area contributed by atoms with E-state index in [1.165, 1.54) is 0 Å². The maximum absolute atomic E-state index is 10.3. The fraction of sp³-hybridized carbons (Fsp3) is 0.100. The predicted octanol–water partition coefficient (Wildman–Crippen LogP) is 2.46. The Morgan fingerprint density at radius 2 is 2.29 bits per heavy atom. The van der Waals surface area contributed by atoms with E-state index in [2.05, 4.69) is 31.4 Å². The maximum Gasteiger partial charge on any atom is 0.322 e. The van der Waals surface area contributed by atoms with Crippen molar-refractivity contribution in [3.8, 4) is 10.6 Å². The summed E-state index contributed by atoms with van der Waals surface area (Å²) >= 11 is 4.93. The van der Waals surface area contributed by atoms with Crippen molar-refractivity contribution < 1.29 is 9.90 Å². The summed E-state index contributed by atoms with van der Waals surface area (Å²) < 4.78 is 1.01. The summed E-state index contributed by atoms with van der Waals surface area (Å²) in [6.07, 6.45) is 0. The number of aromatic nitrogens is 2. The molecule has 0 atom stereocenters. The molecule has 17 heavy (non-hydrogen) atoms. The third kappa shape index (κ3) is 3.24. The van der Waals surface area contributed by atoms with E-state index in [4.69, 9.17) is 5.11 Å². The molecule has 0 aliphatic carbocycles. The third-order valence-corrected chi connectivity index (χ3v) is 3.62. The van der Waals surface area contributed by atoms with E-state index in [-0.39, 0.29) is 6.54 Å². The molecule has 2 aromatic rings. The van der Waals surface area contributed by atoms with Crippen LogP contribution in [0, 0.1) is 0 Å². The van der Waals surface area contributed by atoms with Crippen molar-refractivity contribution in [2.45, 2.75) is 0 Å². The summed E-state index contributed by atoms with van der Waals surface area (Å²) in [5.74, 6) is -0.482. The smallest absolute Gasteiger partial charge is 0.322 e. The number of nitrogens with zero attached hydrogens (tertiary/aromatic N) is 2. The molecule has 0 aromatic carbocycles. The van der Waals surface area contributed by atoms with E-state index in [1.807, 2.05) is 11.4 Å². The van der Waals surface area contributed by atoms with Gasteiger partial charge in [-0.25, -0.2) is 0 Å². The number of carboxylic acid groups (broad SMARTS) is 1. The quantitative estimate of drug-likeness (QED) is 0.907. The number of anilines is 1. The maximum atomic E-state index is 10.3. The fourth-order valence-corrected chi connectivity index (χ4v) is 2.56. The highest BCUT2D eigenvalue weighted by molar-refractivity contribution is 9.10. The Balaban J connectivity index is 2.10. The second-order valence-corrected chi connectivity index (χ2v) is 5.01. The lowest BCUT2D eigenvalue weighted by Crippen LogP contribution is -2.13. The Labute approximate surface area is 110 Å². The molecule has 0 amide bonds. The summed E-state index contributed by atoms with van der Waals surface area (Å²) in [4.78, 5) is 11.4. The Morgan fingerprint density at radius 1 is 1.47 bits per heavy atom. The minimum absolute atomic E-state index is 0.168. The van der Waals surface area contributed by atoms with Gasteiger partial charge in [0.25, 0.3) is 0 Å². The fourth-order valence-electron chi connectivity index (χ4n) is 1.17. The monoisotopic (exact) mass is 313 g/mol. The molecule has 0 radical (unpaired) electrons. The molecule has 0 aliphatic heterocycles. The lowest BCUT2D eigenvalue weighted by Gasteiger charge is -2.01. The van der Waals surface area contributed by atoms with E-state index >= 15 is 0 Å². The number of halogens is 1. The highest BCUT2D eigenvalue weighted by atomic mass is 79.9. The Bertz CT molecular complexity index is 527. The average Bonchev–Trinajstić information content (AvgIpc) is 2.74. The van der Waals surface area contributed by atoms with Gasteiger partial charge >= 0.3 is 5.97 Å². The zero-order chi connectivity index (χ0) is 12.3. The number of carboxylic acids is 1. The Hall–Kier alpha value is -1.47. The van der Waals surface area contributed by atoms with Crippen LogP contribution < -0.4 is 5.32 Å². The average molecular weight is 314 g/mol. The molecule has 0 spiro atoms. The van der Waals surface area contributed by atoms with Crippen molar-refractivity contribution in [2.75, 3.05) is 11.9 Å². The summed E-state index contributed by atoms with van der Waals surface area (Å²) in [5.41, 5.74) is 0.765. The topological polar surface area (TPSA) is 75.1 Å². The van der Waals surface area contributed by atoms with E-state index in [0.717, 1.165) is 15.0 Å². The van der Waals surface area contributed by atoms with Gasteiger partial charge in [-0.3, -0.25) is 4.79 Å². The van der Waals surface area contributed by atoms with Gasteiger partial charge in [0.1, 0.15) is 18.1 Å². The van der Waals surface area contributed by atoms with E-state index in [0.29, 0.717) is 5.82 Å². The number of rotatable bonds is 4. The van der Waals surface area contributed by atoms with Gasteiger partial charge in [0.2, 0.25) is 0 Å². The number of hydrogen-bond acceptors (Lipinski definition) is 5. The lowest BCUT2D eigenvalue weighted by molar-refractivity contribution is -0.134. The normalized spacial score (nSPS) is 10.2. The second-order valence-electron chi connectivity index (χ2n) is 3.18. The van der Waals surface area contributed by atoms with Gasteiger partial charge in [0, 0.05) is 9.85 Å². The summed E-state index contributed by atoms with van der Waals surface area (Å²) in [6.45, 7) is -0.168. The van der Waals surface area contributed by atoms with Gasteiger partial charge in [-0.15, -0.1) is 21.5 Å². The first-order valence-corrected chi connectivity index (χ1v) is 6.36. The van der Waals surface area contributed by atoms with E-state index in [9.17, 15) is 4.79 Å². The van der Waals surface area contributed by atoms with Crippen LogP contribution in [0.4, 0.5) is 5.82 Å². The zero-order valence-electron chi connectivity index (χ0n) is 8.55. The number of thiophene rings is 1. The van der Waals surface area contributed by atoms with Crippen LogP contribution in [-0.4, -0.2) is 27.8 Å². The molecule has 0 saturated carbocycles. The van der Waals surface area contributed by atoms with Gasteiger partial charge in [0.05, 0.1) is 4.88 Å². The van der Waals surface area contributed by atoms with Gasteiger partial charge in [0.15, 0.2) is 0 Å². The third-order valence-electron chi connectivity index (χ3n) is 1.91. The molecule has 2 N–H and O–H groups in total. The molecule has 2 rings (SSSR count). The summed E-state index contributed by atoms with van der Waals surface area (Å²) in [6, 6.07) is 5.47. The van der Waals surface area contributed by atoms with Crippen LogP contribution >= 0.6 is 27.3 Å². The molecule has 2 aromatic heterocycles. The molecule has 0 unspecified atom stereocenters. The number of hydrogen-bond donors (Lipinski definition) is 2. The van der Waals surface area contributed by atoms with Crippen LogP contribution in [0.3, 0.4) is 0 Å². The van der Waals surface area contributed by atoms with E-state index < -0.39 is 5.97 Å².